The van der Waals surface area contributed by atoms with Crippen molar-refractivity contribution in [2.75, 3.05) is 17.7 Å². The SMILES string of the molecule is CNc1cncc(NCc2ccncc2)c1. The van der Waals surface area contributed by atoms with Gasteiger partial charge in [-0.15, -0.1) is 0 Å². The predicted octanol–water partition coefficient (Wildman–Crippen LogP) is 2.13. The minimum Gasteiger partial charge on any atom is -0.387 e. The van der Waals surface area contributed by atoms with Crippen LogP contribution in [0.15, 0.2) is 43.0 Å². The molecule has 82 valence electrons. The van der Waals surface area contributed by atoms with Crippen LogP contribution in [0.5, 0.6) is 0 Å². The van der Waals surface area contributed by atoms with Gasteiger partial charge in [0.1, 0.15) is 0 Å². The zero-order valence-electron chi connectivity index (χ0n) is 9.14. The quantitative estimate of drug-likeness (QED) is 0.818. The maximum atomic E-state index is 4.13. The molecule has 0 saturated carbocycles. The lowest BCUT2D eigenvalue weighted by Crippen LogP contribution is -2.00. The van der Waals surface area contributed by atoms with Gasteiger partial charge in [-0.1, -0.05) is 0 Å². The highest BCUT2D eigenvalue weighted by atomic mass is 14.9. The van der Waals surface area contributed by atoms with Crippen LogP contribution in [0.4, 0.5) is 11.4 Å². The predicted molar refractivity (Wildman–Crippen MR) is 65.3 cm³/mol. The summed E-state index contributed by atoms with van der Waals surface area (Å²) >= 11 is 0. The molecule has 0 fully saturated rings. The molecule has 16 heavy (non-hydrogen) atoms. The van der Waals surface area contributed by atoms with Crippen molar-refractivity contribution in [2.45, 2.75) is 6.54 Å². The zero-order valence-corrected chi connectivity index (χ0v) is 9.14. The molecule has 0 radical (unpaired) electrons. The van der Waals surface area contributed by atoms with Crippen LogP contribution in [0.1, 0.15) is 5.56 Å². The van der Waals surface area contributed by atoms with Crippen molar-refractivity contribution in [1.29, 1.82) is 0 Å². The standard InChI is InChI=1S/C12H14N4/c1-13-11-6-12(9-15-8-11)16-7-10-2-4-14-5-3-10/h2-6,8-9,13,16H,7H2,1H3. The molecule has 2 aromatic heterocycles. The van der Waals surface area contributed by atoms with Gasteiger partial charge in [-0.05, 0) is 23.8 Å². The average Bonchev–Trinajstić information content (AvgIpc) is 2.38. The van der Waals surface area contributed by atoms with E-state index in [1.54, 1.807) is 18.6 Å². The maximum Gasteiger partial charge on any atom is 0.0550 e. The van der Waals surface area contributed by atoms with Crippen molar-refractivity contribution in [1.82, 2.24) is 9.97 Å². The highest BCUT2D eigenvalue weighted by molar-refractivity contribution is 5.53. The molecule has 2 aromatic rings. The Morgan fingerprint density at radius 1 is 1.06 bits per heavy atom. The number of nitrogens with zero attached hydrogens (tertiary/aromatic N) is 2. The van der Waals surface area contributed by atoms with E-state index in [9.17, 15) is 0 Å². The molecule has 0 amide bonds. The van der Waals surface area contributed by atoms with E-state index in [0.29, 0.717) is 0 Å². The summed E-state index contributed by atoms with van der Waals surface area (Å²) in [7, 11) is 1.88. The lowest BCUT2D eigenvalue weighted by atomic mass is 10.2. The first kappa shape index (κ1) is 10.4. The Bertz CT molecular complexity index is 442. The second-order valence-electron chi connectivity index (χ2n) is 3.42. The highest BCUT2D eigenvalue weighted by Crippen LogP contribution is 2.13. The Labute approximate surface area is 94.8 Å². The molecule has 0 unspecified atom stereocenters. The molecule has 4 heteroatoms. The molecule has 0 aliphatic rings. The summed E-state index contributed by atoms with van der Waals surface area (Å²) in [4.78, 5) is 8.11. The van der Waals surface area contributed by atoms with E-state index in [4.69, 9.17) is 0 Å². The Hall–Kier alpha value is -2.10. The molecule has 0 bridgehead atoms. The lowest BCUT2D eigenvalue weighted by molar-refractivity contribution is 1.12. The van der Waals surface area contributed by atoms with Crippen molar-refractivity contribution in [2.24, 2.45) is 0 Å². The molecule has 2 rings (SSSR count). The first-order chi connectivity index (χ1) is 7.88. The van der Waals surface area contributed by atoms with Gasteiger partial charge in [-0.2, -0.15) is 0 Å². The molecule has 0 atom stereocenters. The monoisotopic (exact) mass is 214 g/mol. The number of rotatable bonds is 4. The van der Waals surface area contributed by atoms with E-state index in [1.165, 1.54) is 5.56 Å². The molecule has 0 aliphatic heterocycles. The fourth-order valence-corrected chi connectivity index (χ4v) is 1.38. The van der Waals surface area contributed by atoms with Crippen molar-refractivity contribution in [3.63, 3.8) is 0 Å². The van der Waals surface area contributed by atoms with Gasteiger partial charge in [0, 0.05) is 26.0 Å². The summed E-state index contributed by atoms with van der Waals surface area (Å²) in [6.07, 6.45) is 7.18. The van der Waals surface area contributed by atoms with Gasteiger partial charge in [0.2, 0.25) is 0 Å². The summed E-state index contributed by atoms with van der Waals surface area (Å²) in [5.74, 6) is 0. The van der Waals surface area contributed by atoms with Crippen LogP contribution in [0.3, 0.4) is 0 Å². The molecule has 0 aliphatic carbocycles. The Morgan fingerprint density at radius 3 is 2.56 bits per heavy atom. The van der Waals surface area contributed by atoms with E-state index in [2.05, 4.69) is 20.6 Å². The average molecular weight is 214 g/mol. The third-order valence-corrected chi connectivity index (χ3v) is 2.27. The fraction of sp³-hybridized carbons (Fsp3) is 0.167. The number of nitrogens with one attached hydrogen (secondary N) is 2. The van der Waals surface area contributed by atoms with Gasteiger partial charge >= 0.3 is 0 Å². The molecular formula is C12H14N4. The van der Waals surface area contributed by atoms with Crippen molar-refractivity contribution in [3.05, 3.63) is 48.5 Å². The number of aromatic nitrogens is 2. The normalized spacial score (nSPS) is 9.81. The Morgan fingerprint density at radius 2 is 1.81 bits per heavy atom. The molecule has 0 aromatic carbocycles. The summed E-state index contributed by atoms with van der Waals surface area (Å²) in [5, 5.41) is 6.36. The van der Waals surface area contributed by atoms with Crippen LogP contribution in [0.2, 0.25) is 0 Å². The maximum absolute atomic E-state index is 4.13. The van der Waals surface area contributed by atoms with Crippen LogP contribution < -0.4 is 10.6 Å². The number of anilines is 2. The lowest BCUT2D eigenvalue weighted by Gasteiger charge is -2.07. The van der Waals surface area contributed by atoms with E-state index in [1.807, 2.05) is 31.4 Å². The van der Waals surface area contributed by atoms with Crippen LogP contribution in [0, 0.1) is 0 Å². The van der Waals surface area contributed by atoms with Crippen LogP contribution in [-0.2, 0) is 6.54 Å². The van der Waals surface area contributed by atoms with Crippen LogP contribution >= 0.6 is 0 Å². The second kappa shape index (κ2) is 5.11. The second-order valence-corrected chi connectivity index (χ2v) is 3.42. The molecule has 0 saturated heterocycles. The first-order valence-electron chi connectivity index (χ1n) is 5.14. The topological polar surface area (TPSA) is 49.8 Å². The largest absolute Gasteiger partial charge is 0.387 e. The molecular weight excluding hydrogens is 200 g/mol. The third kappa shape index (κ3) is 2.70. The summed E-state index contributed by atoms with van der Waals surface area (Å²) in [5.41, 5.74) is 3.20. The first-order valence-corrected chi connectivity index (χ1v) is 5.14. The van der Waals surface area contributed by atoms with E-state index in [0.717, 1.165) is 17.9 Å². The zero-order chi connectivity index (χ0) is 11.2. The summed E-state index contributed by atoms with van der Waals surface area (Å²) in [6.45, 7) is 0.775. The van der Waals surface area contributed by atoms with Crippen molar-refractivity contribution in [3.8, 4) is 0 Å². The molecule has 4 nitrogen and oxygen atoms in total. The third-order valence-electron chi connectivity index (χ3n) is 2.27. The smallest absolute Gasteiger partial charge is 0.0550 e. The van der Waals surface area contributed by atoms with Crippen LogP contribution in [0.25, 0.3) is 0 Å². The molecule has 0 spiro atoms. The van der Waals surface area contributed by atoms with Gasteiger partial charge in [-0.25, -0.2) is 0 Å². The number of hydrogen-bond donors (Lipinski definition) is 2. The van der Waals surface area contributed by atoms with Crippen molar-refractivity contribution < 1.29 is 0 Å². The van der Waals surface area contributed by atoms with E-state index >= 15 is 0 Å². The van der Waals surface area contributed by atoms with Crippen molar-refractivity contribution >= 4 is 11.4 Å². The van der Waals surface area contributed by atoms with Gasteiger partial charge in [0.25, 0.3) is 0 Å². The summed E-state index contributed by atoms with van der Waals surface area (Å²) in [6, 6.07) is 6.00. The Kier molecular flexibility index (Phi) is 3.33. The minimum absolute atomic E-state index is 0.775. The van der Waals surface area contributed by atoms with Gasteiger partial charge in [0.15, 0.2) is 0 Å². The molecule has 2 heterocycles. The van der Waals surface area contributed by atoms with E-state index < -0.39 is 0 Å². The fourth-order valence-electron chi connectivity index (χ4n) is 1.38. The summed E-state index contributed by atoms with van der Waals surface area (Å²) < 4.78 is 0. The number of hydrogen-bond acceptors (Lipinski definition) is 4. The van der Waals surface area contributed by atoms with E-state index in [-0.39, 0.29) is 0 Å². The Balaban J connectivity index is 1.99. The minimum atomic E-state index is 0.775. The molecule has 2 N–H and O–H groups in total. The number of pyridine rings is 2. The highest BCUT2D eigenvalue weighted by Gasteiger charge is 1.95. The van der Waals surface area contributed by atoms with Crippen LogP contribution in [-0.4, -0.2) is 17.0 Å². The van der Waals surface area contributed by atoms with Gasteiger partial charge < -0.3 is 10.6 Å². The van der Waals surface area contributed by atoms with Gasteiger partial charge in [-0.3, -0.25) is 9.97 Å². The van der Waals surface area contributed by atoms with Gasteiger partial charge in [0.05, 0.1) is 23.8 Å².